The van der Waals surface area contributed by atoms with Gasteiger partial charge in [-0.2, -0.15) is 0 Å². The normalized spacial score (nSPS) is 13.9. The second kappa shape index (κ2) is 6.66. The Morgan fingerprint density at radius 1 is 1.09 bits per heavy atom. The molecule has 0 aliphatic carbocycles. The van der Waals surface area contributed by atoms with Crippen molar-refractivity contribution in [3.05, 3.63) is 0 Å². The Bertz CT molecular complexity index is 78.9. The van der Waals surface area contributed by atoms with Crippen LogP contribution in [0.15, 0.2) is 0 Å². The zero-order valence-electron chi connectivity index (χ0n) is 8.48. The zero-order valence-corrected chi connectivity index (χ0v) is 8.48. The first-order valence-electron chi connectivity index (χ1n) is 4.88. The van der Waals surface area contributed by atoms with E-state index in [0.29, 0.717) is 0 Å². The van der Waals surface area contributed by atoms with Crippen molar-refractivity contribution in [3.8, 4) is 0 Å². The van der Waals surface area contributed by atoms with Crippen LogP contribution in [-0.4, -0.2) is 13.1 Å². The Morgan fingerprint density at radius 2 is 1.73 bits per heavy atom. The van der Waals surface area contributed by atoms with E-state index in [0.717, 1.165) is 12.0 Å². The monoisotopic (exact) mass is 157 g/mol. The summed E-state index contributed by atoms with van der Waals surface area (Å²) >= 11 is 0. The van der Waals surface area contributed by atoms with E-state index < -0.39 is 0 Å². The lowest BCUT2D eigenvalue weighted by molar-refractivity contribution is 0.430. The molecule has 0 aliphatic heterocycles. The molecule has 0 spiro atoms. The van der Waals surface area contributed by atoms with Crippen molar-refractivity contribution < 1.29 is 0 Å². The molecule has 68 valence electrons. The van der Waals surface area contributed by atoms with Gasteiger partial charge in [0.1, 0.15) is 0 Å². The summed E-state index contributed by atoms with van der Waals surface area (Å²) in [6, 6.07) is 0.752. The molecule has 0 bridgehead atoms. The highest BCUT2D eigenvalue weighted by Gasteiger charge is 2.04. The van der Waals surface area contributed by atoms with Crippen molar-refractivity contribution in [2.75, 3.05) is 7.05 Å². The van der Waals surface area contributed by atoms with E-state index in [4.69, 9.17) is 0 Å². The van der Waals surface area contributed by atoms with Crippen molar-refractivity contribution in [2.24, 2.45) is 5.92 Å². The van der Waals surface area contributed by atoms with Gasteiger partial charge in [-0.15, -0.1) is 0 Å². The quantitative estimate of drug-likeness (QED) is 0.625. The highest BCUT2D eigenvalue weighted by atomic mass is 14.9. The standard InChI is InChI=1S/C10H23N/c1-5-6-10(11-4)8-7-9(2)3/h9-11H,5-8H2,1-4H3. The Hall–Kier alpha value is -0.0400. The molecule has 1 heteroatoms. The van der Waals surface area contributed by atoms with Crippen molar-refractivity contribution in [1.29, 1.82) is 0 Å². The lowest BCUT2D eigenvalue weighted by Gasteiger charge is -2.15. The fourth-order valence-electron chi connectivity index (χ4n) is 1.32. The first-order valence-corrected chi connectivity index (χ1v) is 4.88. The second-order valence-electron chi connectivity index (χ2n) is 3.75. The summed E-state index contributed by atoms with van der Waals surface area (Å²) in [6.45, 7) is 6.83. The molecule has 0 saturated heterocycles. The smallest absolute Gasteiger partial charge is 0.00640 e. The van der Waals surface area contributed by atoms with Crippen LogP contribution in [0.5, 0.6) is 0 Å². The van der Waals surface area contributed by atoms with Crippen LogP contribution < -0.4 is 5.32 Å². The van der Waals surface area contributed by atoms with Crippen molar-refractivity contribution >= 4 is 0 Å². The Balaban J connectivity index is 3.35. The third kappa shape index (κ3) is 6.36. The van der Waals surface area contributed by atoms with Gasteiger partial charge in [0.2, 0.25) is 0 Å². The fraction of sp³-hybridized carbons (Fsp3) is 1.00. The molecule has 0 saturated carbocycles. The molecule has 0 aromatic carbocycles. The summed E-state index contributed by atoms with van der Waals surface area (Å²) in [6.07, 6.45) is 5.31. The minimum atomic E-state index is 0.752. The molecule has 1 nitrogen and oxygen atoms in total. The molecule has 1 N–H and O–H groups in total. The minimum Gasteiger partial charge on any atom is -0.317 e. The SMILES string of the molecule is CCCC(CCC(C)C)NC. The first-order chi connectivity index (χ1) is 5.20. The molecule has 1 unspecified atom stereocenters. The van der Waals surface area contributed by atoms with E-state index in [1.54, 1.807) is 0 Å². The van der Waals surface area contributed by atoms with Gasteiger partial charge in [-0.1, -0.05) is 27.2 Å². The van der Waals surface area contributed by atoms with Crippen LogP contribution in [-0.2, 0) is 0 Å². The molecule has 0 radical (unpaired) electrons. The Labute approximate surface area is 71.6 Å². The fourth-order valence-corrected chi connectivity index (χ4v) is 1.32. The lowest BCUT2D eigenvalue weighted by Crippen LogP contribution is -2.25. The van der Waals surface area contributed by atoms with Crippen LogP contribution >= 0.6 is 0 Å². The number of hydrogen-bond donors (Lipinski definition) is 1. The molecule has 0 aliphatic rings. The highest BCUT2D eigenvalue weighted by molar-refractivity contribution is 4.64. The average Bonchev–Trinajstić information content (AvgIpc) is 1.97. The van der Waals surface area contributed by atoms with Gasteiger partial charge in [-0.25, -0.2) is 0 Å². The summed E-state index contributed by atoms with van der Waals surface area (Å²) in [7, 11) is 2.07. The summed E-state index contributed by atoms with van der Waals surface area (Å²) < 4.78 is 0. The average molecular weight is 157 g/mol. The maximum absolute atomic E-state index is 3.36. The maximum Gasteiger partial charge on any atom is 0.00640 e. The predicted octanol–water partition coefficient (Wildman–Crippen LogP) is 2.81. The van der Waals surface area contributed by atoms with Crippen molar-refractivity contribution in [2.45, 2.75) is 52.5 Å². The van der Waals surface area contributed by atoms with Crippen LogP contribution in [0, 0.1) is 5.92 Å². The topological polar surface area (TPSA) is 12.0 Å². The van der Waals surface area contributed by atoms with Crippen molar-refractivity contribution in [1.82, 2.24) is 5.32 Å². The van der Waals surface area contributed by atoms with E-state index in [1.165, 1.54) is 25.7 Å². The Kier molecular flexibility index (Phi) is 6.63. The molecule has 0 rings (SSSR count). The summed E-state index contributed by atoms with van der Waals surface area (Å²) in [4.78, 5) is 0. The third-order valence-electron chi connectivity index (χ3n) is 2.14. The molecular formula is C10H23N. The van der Waals surface area contributed by atoms with Gasteiger partial charge in [0.05, 0.1) is 0 Å². The Morgan fingerprint density at radius 3 is 2.09 bits per heavy atom. The second-order valence-corrected chi connectivity index (χ2v) is 3.75. The maximum atomic E-state index is 3.36. The lowest BCUT2D eigenvalue weighted by atomic mass is 10.0. The number of nitrogens with one attached hydrogen (secondary N) is 1. The molecular weight excluding hydrogens is 134 g/mol. The summed E-state index contributed by atoms with van der Waals surface area (Å²) in [5.74, 6) is 0.850. The van der Waals surface area contributed by atoms with Crippen LogP contribution in [0.2, 0.25) is 0 Å². The molecule has 0 aromatic heterocycles. The minimum absolute atomic E-state index is 0.752. The molecule has 11 heavy (non-hydrogen) atoms. The zero-order chi connectivity index (χ0) is 8.69. The molecule has 0 heterocycles. The summed E-state index contributed by atoms with van der Waals surface area (Å²) in [5.41, 5.74) is 0. The van der Waals surface area contributed by atoms with Gasteiger partial charge >= 0.3 is 0 Å². The molecule has 0 aromatic rings. The van der Waals surface area contributed by atoms with Gasteiger partial charge in [-0.05, 0) is 32.2 Å². The molecule has 1 atom stereocenters. The number of hydrogen-bond acceptors (Lipinski definition) is 1. The van der Waals surface area contributed by atoms with Gasteiger partial charge in [0, 0.05) is 6.04 Å². The van der Waals surface area contributed by atoms with Gasteiger partial charge < -0.3 is 5.32 Å². The van der Waals surface area contributed by atoms with E-state index in [1.807, 2.05) is 0 Å². The van der Waals surface area contributed by atoms with E-state index >= 15 is 0 Å². The largest absolute Gasteiger partial charge is 0.317 e. The van der Waals surface area contributed by atoms with Crippen LogP contribution in [0.1, 0.15) is 46.5 Å². The summed E-state index contributed by atoms with van der Waals surface area (Å²) in [5, 5.41) is 3.36. The number of rotatable bonds is 6. The van der Waals surface area contributed by atoms with Crippen LogP contribution in [0.3, 0.4) is 0 Å². The van der Waals surface area contributed by atoms with Gasteiger partial charge in [0.25, 0.3) is 0 Å². The first kappa shape index (κ1) is 11.0. The van der Waals surface area contributed by atoms with E-state index in [2.05, 4.69) is 33.1 Å². The highest BCUT2D eigenvalue weighted by Crippen LogP contribution is 2.09. The molecule has 0 amide bonds. The third-order valence-corrected chi connectivity index (χ3v) is 2.14. The van der Waals surface area contributed by atoms with Crippen LogP contribution in [0.4, 0.5) is 0 Å². The van der Waals surface area contributed by atoms with Crippen LogP contribution in [0.25, 0.3) is 0 Å². The van der Waals surface area contributed by atoms with Crippen molar-refractivity contribution in [3.63, 3.8) is 0 Å². The predicted molar refractivity (Wildman–Crippen MR) is 51.8 cm³/mol. The van der Waals surface area contributed by atoms with E-state index in [9.17, 15) is 0 Å². The molecule has 0 fully saturated rings. The van der Waals surface area contributed by atoms with Gasteiger partial charge in [-0.3, -0.25) is 0 Å². The van der Waals surface area contributed by atoms with Gasteiger partial charge in [0.15, 0.2) is 0 Å². The van der Waals surface area contributed by atoms with E-state index in [-0.39, 0.29) is 0 Å².